The molecule has 0 saturated carbocycles. The summed E-state index contributed by atoms with van der Waals surface area (Å²) in [6.07, 6.45) is 5.59. The van der Waals surface area contributed by atoms with E-state index in [1.54, 1.807) is 42.4 Å². The van der Waals surface area contributed by atoms with Crippen LogP contribution < -0.4 is 16.4 Å². The van der Waals surface area contributed by atoms with E-state index in [1.807, 2.05) is 19.1 Å². The van der Waals surface area contributed by atoms with Crippen molar-refractivity contribution in [2.75, 3.05) is 13.7 Å². The quantitative estimate of drug-likeness (QED) is 0.341. The average molecular weight is 432 g/mol. The van der Waals surface area contributed by atoms with Gasteiger partial charge in [0.2, 0.25) is 0 Å². The van der Waals surface area contributed by atoms with Crippen molar-refractivity contribution in [3.05, 3.63) is 81.5 Å². The molecule has 0 fully saturated rings. The molecule has 0 spiro atoms. The van der Waals surface area contributed by atoms with Crippen LogP contribution in [0.1, 0.15) is 27.9 Å². The van der Waals surface area contributed by atoms with Crippen molar-refractivity contribution in [3.63, 3.8) is 0 Å². The van der Waals surface area contributed by atoms with Gasteiger partial charge in [-0.25, -0.2) is 4.98 Å². The van der Waals surface area contributed by atoms with Gasteiger partial charge in [0.25, 0.3) is 11.5 Å². The molecule has 4 rings (SSSR count). The van der Waals surface area contributed by atoms with Gasteiger partial charge in [0, 0.05) is 45.4 Å². The Kier molecular flexibility index (Phi) is 6.09. The number of hydrogen-bond acceptors (Lipinski definition) is 6. The van der Waals surface area contributed by atoms with Crippen LogP contribution in [0, 0.1) is 12.3 Å². The first-order chi connectivity index (χ1) is 15.5. The Morgan fingerprint density at radius 2 is 2.09 bits per heavy atom. The van der Waals surface area contributed by atoms with Crippen LogP contribution in [-0.2, 0) is 17.8 Å². The molecule has 4 aromatic heterocycles. The van der Waals surface area contributed by atoms with Crippen molar-refractivity contribution in [3.8, 4) is 0 Å². The van der Waals surface area contributed by atoms with Crippen LogP contribution in [0.2, 0.25) is 0 Å². The van der Waals surface area contributed by atoms with Crippen LogP contribution in [0.15, 0.2) is 53.7 Å². The van der Waals surface area contributed by atoms with Crippen LogP contribution >= 0.6 is 0 Å². The molecular formula is C23H24N6O3. The van der Waals surface area contributed by atoms with Gasteiger partial charge in [0.05, 0.1) is 10.9 Å². The number of aryl methyl sites for hydroxylation is 2. The van der Waals surface area contributed by atoms with E-state index in [0.29, 0.717) is 30.9 Å². The number of nitrogens with one attached hydrogen (secondary N) is 2. The largest absolute Gasteiger partial charge is 0.385 e. The summed E-state index contributed by atoms with van der Waals surface area (Å²) >= 11 is 0. The van der Waals surface area contributed by atoms with Crippen molar-refractivity contribution < 1.29 is 9.53 Å². The van der Waals surface area contributed by atoms with Gasteiger partial charge in [-0.1, -0.05) is 12.1 Å². The second-order valence-electron chi connectivity index (χ2n) is 7.49. The van der Waals surface area contributed by atoms with Gasteiger partial charge in [-0.3, -0.25) is 24.4 Å². The van der Waals surface area contributed by atoms with Gasteiger partial charge in [-0.2, -0.15) is 0 Å². The molecule has 0 aliphatic heterocycles. The number of fused-ring (bicyclic) bond motifs is 2. The zero-order valence-electron chi connectivity index (χ0n) is 18.0. The molecule has 0 saturated heterocycles. The smallest absolute Gasteiger partial charge is 0.267 e. The summed E-state index contributed by atoms with van der Waals surface area (Å²) in [5.41, 5.74) is 2.43. The lowest BCUT2D eigenvalue weighted by Gasteiger charge is -2.15. The average Bonchev–Trinajstić information content (AvgIpc) is 2.80. The molecule has 0 atom stereocenters. The molecule has 32 heavy (non-hydrogen) atoms. The fourth-order valence-electron chi connectivity index (χ4n) is 3.63. The van der Waals surface area contributed by atoms with E-state index in [0.717, 1.165) is 11.1 Å². The van der Waals surface area contributed by atoms with Gasteiger partial charge in [0.1, 0.15) is 16.8 Å². The Balaban J connectivity index is 1.86. The molecule has 4 aromatic rings. The van der Waals surface area contributed by atoms with E-state index < -0.39 is 5.91 Å². The molecule has 0 aromatic carbocycles. The predicted octanol–water partition coefficient (Wildman–Crippen LogP) is 1.80. The fourth-order valence-corrected chi connectivity index (χ4v) is 3.63. The van der Waals surface area contributed by atoms with Crippen molar-refractivity contribution in [1.82, 2.24) is 24.3 Å². The number of methoxy groups -OCH3 is 1. The van der Waals surface area contributed by atoms with Crippen LogP contribution in [0.5, 0.6) is 0 Å². The van der Waals surface area contributed by atoms with E-state index in [1.165, 1.54) is 10.5 Å². The number of nitrogens with zero attached hydrogens (tertiary/aromatic N) is 4. The number of amides is 1. The van der Waals surface area contributed by atoms with Crippen LogP contribution in [0.4, 0.5) is 0 Å². The molecule has 2 N–H and O–H groups in total. The minimum Gasteiger partial charge on any atom is -0.385 e. The maximum Gasteiger partial charge on any atom is 0.267 e. The maximum atomic E-state index is 13.3. The van der Waals surface area contributed by atoms with E-state index in [4.69, 9.17) is 15.1 Å². The van der Waals surface area contributed by atoms with Crippen LogP contribution in [0.3, 0.4) is 0 Å². The van der Waals surface area contributed by atoms with E-state index >= 15 is 0 Å². The molecule has 4 heterocycles. The summed E-state index contributed by atoms with van der Waals surface area (Å²) in [7, 11) is 1.61. The first-order valence-corrected chi connectivity index (χ1v) is 10.3. The van der Waals surface area contributed by atoms with Crippen molar-refractivity contribution in [2.45, 2.75) is 26.4 Å². The number of hydrogen-bond donors (Lipinski definition) is 2. The standard InChI is InChI=1S/C23H24N6O3/c1-15-6-4-9-29-20(15)27-21-18(23(29)31)12-17(19(24)28(21)10-5-11-32-2)22(30)26-14-16-7-3-8-25-13-16/h3-4,6-9,12-13,24H,5,10-11,14H2,1-2H3,(H,26,30). The van der Waals surface area contributed by atoms with E-state index in [-0.39, 0.29) is 28.5 Å². The second kappa shape index (κ2) is 9.11. The summed E-state index contributed by atoms with van der Waals surface area (Å²) in [6, 6.07) is 8.77. The first-order valence-electron chi connectivity index (χ1n) is 10.3. The monoisotopic (exact) mass is 432 g/mol. The summed E-state index contributed by atoms with van der Waals surface area (Å²) in [6.45, 7) is 3.02. The number of carbonyl (C=O) groups is 1. The Labute approximate surface area is 183 Å². The lowest BCUT2D eigenvalue weighted by atomic mass is 10.1. The zero-order chi connectivity index (χ0) is 22.7. The lowest BCUT2D eigenvalue weighted by molar-refractivity contribution is 0.0948. The molecule has 9 nitrogen and oxygen atoms in total. The van der Waals surface area contributed by atoms with E-state index in [9.17, 15) is 9.59 Å². The van der Waals surface area contributed by atoms with E-state index in [2.05, 4.69) is 10.3 Å². The summed E-state index contributed by atoms with van der Waals surface area (Å²) in [4.78, 5) is 35.0. The number of rotatable bonds is 7. The van der Waals surface area contributed by atoms with Gasteiger partial charge in [-0.05, 0) is 42.7 Å². The highest BCUT2D eigenvalue weighted by atomic mass is 16.5. The van der Waals surface area contributed by atoms with Crippen LogP contribution in [-0.4, -0.2) is 38.6 Å². The third kappa shape index (κ3) is 4.02. The first kappa shape index (κ1) is 21.4. The predicted molar refractivity (Wildman–Crippen MR) is 119 cm³/mol. The van der Waals surface area contributed by atoms with Crippen molar-refractivity contribution >= 4 is 22.6 Å². The second-order valence-corrected chi connectivity index (χ2v) is 7.49. The highest BCUT2D eigenvalue weighted by Gasteiger charge is 2.18. The summed E-state index contributed by atoms with van der Waals surface area (Å²) in [5.74, 6) is -0.435. The molecular weight excluding hydrogens is 408 g/mol. The van der Waals surface area contributed by atoms with Crippen molar-refractivity contribution in [1.29, 1.82) is 5.41 Å². The van der Waals surface area contributed by atoms with Gasteiger partial charge >= 0.3 is 0 Å². The van der Waals surface area contributed by atoms with Crippen molar-refractivity contribution in [2.24, 2.45) is 0 Å². The summed E-state index contributed by atoms with van der Waals surface area (Å²) < 4.78 is 8.23. The number of pyridine rings is 3. The molecule has 164 valence electrons. The Hall–Kier alpha value is -3.85. The lowest BCUT2D eigenvalue weighted by Crippen LogP contribution is -2.35. The SMILES string of the molecule is COCCCn1c(=N)c(C(=O)NCc2cccnc2)cc2c(=O)n3cccc(C)c3nc21. The normalized spacial score (nSPS) is 11.2. The molecule has 0 bridgehead atoms. The molecule has 0 aliphatic rings. The Morgan fingerprint density at radius 3 is 2.84 bits per heavy atom. The summed E-state index contributed by atoms with van der Waals surface area (Å²) in [5, 5.41) is 11.8. The topological polar surface area (TPSA) is 114 Å². The zero-order valence-corrected chi connectivity index (χ0v) is 18.0. The van der Waals surface area contributed by atoms with Gasteiger partial charge in [0.15, 0.2) is 0 Å². The number of aromatic nitrogens is 4. The van der Waals surface area contributed by atoms with Gasteiger partial charge < -0.3 is 14.6 Å². The minimum atomic E-state index is -0.435. The Bertz CT molecular complexity index is 1410. The minimum absolute atomic E-state index is 0.00197. The Morgan fingerprint density at radius 1 is 1.25 bits per heavy atom. The van der Waals surface area contributed by atoms with Gasteiger partial charge in [-0.15, -0.1) is 0 Å². The number of carbonyl (C=O) groups excluding carboxylic acids is 1. The highest BCUT2D eigenvalue weighted by Crippen LogP contribution is 2.13. The maximum absolute atomic E-state index is 13.3. The molecule has 0 unspecified atom stereocenters. The molecule has 9 heteroatoms. The highest BCUT2D eigenvalue weighted by molar-refractivity contribution is 5.96. The third-order valence-electron chi connectivity index (χ3n) is 5.28. The van der Waals surface area contributed by atoms with Crippen LogP contribution in [0.25, 0.3) is 16.7 Å². The third-order valence-corrected chi connectivity index (χ3v) is 5.28. The molecule has 0 aliphatic carbocycles. The molecule has 0 radical (unpaired) electrons. The number of ether oxygens (including phenoxy) is 1. The fraction of sp³-hybridized carbons (Fsp3) is 0.261. The molecule has 1 amide bonds.